The van der Waals surface area contributed by atoms with Crippen molar-refractivity contribution >= 4 is 44.1 Å². The fourth-order valence-corrected chi connectivity index (χ4v) is 4.48. The monoisotopic (exact) mass is 400 g/mol. The summed E-state index contributed by atoms with van der Waals surface area (Å²) in [5, 5.41) is 4.27. The lowest BCUT2D eigenvalue weighted by Crippen LogP contribution is -2.28. The zero-order chi connectivity index (χ0) is 16.7. The molecule has 0 bridgehead atoms. The summed E-state index contributed by atoms with van der Waals surface area (Å²) in [5.74, 6) is 0.424. The van der Waals surface area contributed by atoms with Crippen molar-refractivity contribution in [3.05, 3.63) is 62.9 Å². The number of amides is 1. The standard InChI is InChI=1S/C19H17BrN2OS/c1-11(17-8-9-18(20)24-17)21-19(23)14-10-13(14)16-7-6-12-4-2-3-5-15(12)22-16/h2-9,11,13-14H,10H2,1H3,(H,21,23)/t11?,13-,14-/m0/s1. The molecule has 0 saturated heterocycles. The third-order valence-electron chi connectivity index (χ3n) is 4.51. The average molecular weight is 401 g/mol. The van der Waals surface area contributed by atoms with Crippen molar-refractivity contribution in [1.82, 2.24) is 10.3 Å². The van der Waals surface area contributed by atoms with Crippen molar-refractivity contribution in [3.63, 3.8) is 0 Å². The molecule has 1 unspecified atom stereocenters. The molecule has 1 saturated carbocycles. The average Bonchev–Trinajstić information content (AvgIpc) is 3.28. The Morgan fingerprint density at radius 1 is 1.25 bits per heavy atom. The quantitative estimate of drug-likeness (QED) is 0.666. The largest absolute Gasteiger partial charge is 0.349 e. The first-order valence-electron chi connectivity index (χ1n) is 8.03. The van der Waals surface area contributed by atoms with Crippen molar-refractivity contribution in [2.75, 3.05) is 0 Å². The smallest absolute Gasteiger partial charge is 0.224 e. The van der Waals surface area contributed by atoms with Crippen molar-refractivity contribution in [1.29, 1.82) is 0 Å². The third-order valence-corrected chi connectivity index (χ3v) is 6.31. The van der Waals surface area contributed by atoms with E-state index in [2.05, 4.69) is 45.5 Å². The van der Waals surface area contributed by atoms with Crippen molar-refractivity contribution < 1.29 is 4.79 Å². The molecule has 24 heavy (non-hydrogen) atoms. The van der Waals surface area contributed by atoms with E-state index >= 15 is 0 Å². The molecule has 3 nitrogen and oxygen atoms in total. The number of fused-ring (bicyclic) bond motifs is 1. The van der Waals surface area contributed by atoms with Crippen LogP contribution >= 0.6 is 27.3 Å². The Hall–Kier alpha value is -1.72. The number of halogens is 1. The van der Waals surface area contributed by atoms with E-state index in [1.807, 2.05) is 31.2 Å². The first kappa shape index (κ1) is 15.8. The van der Waals surface area contributed by atoms with E-state index in [4.69, 9.17) is 4.98 Å². The fourth-order valence-electron chi connectivity index (χ4n) is 3.05. The molecule has 0 spiro atoms. The topological polar surface area (TPSA) is 42.0 Å². The molecule has 4 rings (SSSR count). The molecule has 1 amide bonds. The highest BCUT2D eigenvalue weighted by Gasteiger charge is 2.45. The van der Waals surface area contributed by atoms with E-state index in [0.717, 1.165) is 31.7 Å². The van der Waals surface area contributed by atoms with Gasteiger partial charge in [-0.15, -0.1) is 11.3 Å². The highest BCUT2D eigenvalue weighted by Crippen LogP contribution is 2.47. The van der Waals surface area contributed by atoms with E-state index in [1.165, 1.54) is 0 Å². The molecule has 1 aromatic carbocycles. The number of pyridine rings is 1. The first-order valence-corrected chi connectivity index (χ1v) is 9.64. The van der Waals surface area contributed by atoms with Crippen molar-refractivity contribution in [3.8, 4) is 0 Å². The maximum absolute atomic E-state index is 12.5. The summed E-state index contributed by atoms with van der Waals surface area (Å²) in [7, 11) is 0. The normalized spacial score (nSPS) is 20.8. The van der Waals surface area contributed by atoms with Crippen LogP contribution in [0.3, 0.4) is 0 Å². The van der Waals surface area contributed by atoms with E-state index in [0.29, 0.717) is 0 Å². The Morgan fingerprint density at radius 3 is 2.88 bits per heavy atom. The molecule has 122 valence electrons. The number of para-hydroxylation sites is 1. The molecule has 0 radical (unpaired) electrons. The van der Waals surface area contributed by atoms with Crippen molar-refractivity contribution in [2.45, 2.75) is 25.3 Å². The number of hydrogen-bond acceptors (Lipinski definition) is 3. The molecule has 5 heteroatoms. The van der Waals surface area contributed by atoms with Gasteiger partial charge in [-0.3, -0.25) is 9.78 Å². The molecule has 2 aromatic heterocycles. The Kier molecular flexibility index (Phi) is 4.14. The molecule has 3 atom stereocenters. The van der Waals surface area contributed by atoms with Gasteiger partial charge in [-0.1, -0.05) is 24.3 Å². The van der Waals surface area contributed by atoms with Crippen LogP contribution in [0, 0.1) is 5.92 Å². The Bertz CT molecular complexity index is 907. The first-order chi connectivity index (χ1) is 11.6. The molecule has 1 fully saturated rings. The second-order valence-electron chi connectivity index (χ2n) is 6.25. The number of hydrogen-bond donors (Lipinski definition) is 1. The zero-order valence-corrected chi connectivity index (χ0v) is 15.6. The Morgan fingerprint density at radius 2 is 2.08 bits per heavy atom. The van der Waals surface area contributed by atoms with Crippen LogP contribution < -0.4 is 5.32 Å². The second kappa shape index (κ2) is 6.30. The van der Waals surface area contributed by atoms with Crippen LogP contribution in [-0.4, -0.2) is 10.9 Å². The van der Waals surface area contributed by atoms with Gasteiger partial charge in [-0.25, -0.2) is 0 Å². The molecule has 1 aliphatic rings. The summed E-state index contributed by atoms with van der Waals surface area (Å²) in [5.41, 5.74) is 2.03. The number of thiophene rings is 1. The number of nitrogens with zero attached hydrogens (tertiary/aromatic N) is 1. The lowest BCUT2D eigenvalue weighted by Gasteiger charge is -2.12. The van der Waals surface area contributed by atoms with Gasteiger partial charge in [0.15, 0.2) is 0 Å². The SMILES string of the molecule is CC(NC(=O)[C@H]1C[C@@H]1c1ccc2ccccc2n1)c1ccc(Br)s1. The van der Waals surface area contributed by atoms with Crippen LogP contribution in [0.15, 0.2) is 52.3 Å². The van der Waals surface area contributed by atoms with Gasteiger partial charge in [0.25, 0.3) is 0 Å². The molecule has 0 aliphatic heterocycles. The van der Waals surface area contributed by atoms with Crippen LogP contribution in [0.25, 0.3) is 10.9 Å². The molecule has 3 aromatic rings. The Balaban J connectivity index is 1.44. The van der Waals surface area contributed by atoms with Gasteiger partial charge in [-0.05, 0) is 53.5 Å². The van der Waals surface area contributed by atoms with E-state index in [-0.39, 0.29) is 23.8 Å². The van der Waals surface area contributed by atoms with E-state index in [9.17, 15) is 4.79 Å². The minimum absolute atomic E-state index is 0.0413. The predicted molar refractivity (Wildman–Crippen MR) is 101 cm³/mol. The van der Waals surface area contributed by atoms with Crippen LogP contribution in [0.1, 0.15) is 35.9 Å². The molecule has 1 aliphatic carbocycles. The van der Waals surface area contributed by atoms with Gasteiger partial charge in [-0.2, -0.15) is 0 Å². The number of benzene rings is 1. The molecule has 1 N–H and O–H groups in total. The van der Waals surface area contributed by atoms with Crippen LogP contribution in [0.4, 0.5) is 0 Å². The summed E-state index contributed by atoms with van der Waals surface area (Å²) in [6, 6.07) is 16.3. The van der Waals surface area contributed by atoms with Gasteiger partial charge in [0.05, 0.1) is 15.3 Å². The van der Waals surface area contributed by atoms with Crippen LogP contribution in [0.5, 0.6) is 0 Å². The molecular formula is C19H17BrN2OS. The van der Waals surface area contributed by atoms with Gasteiger partial charge in [0.1, 0.15) is 0 Å². The maximum atomic E-state index is 12.5. The predicted octanol–water partition coefficient (Wildman–Crippen LogP) is 5.04. The van der Waals surface area contributed by atoms with Crippen molar-refractivity contribution in [2.24, 2.45) is 5.92 Å². The summed E-state index contributed by atoms with van der Waals surface area (Å²) in [6.07, 6.45) is 0.887. The number of rotatable bonds is 4. The van der Waals surface area contributed by atoms with Crippen LogP contribution in [0.2, 0.25) is 0 Å². The fraction of sp³-hybridized carbons (Fsp3) is 0.263. The maximum Gasteiger partial charge on any atom is 0.224 e. The highest BCUT2D eigenvalue weighted by atomic mass is 79.9. The molecule has 2 heterocycles. The third kappa shape index (κ3) is 3.10. The van der Waals surface area contributed by atoms with E-state index < -0.39 is 0 Å². The van der Waals surface area contributed by atoms with E-state index in [1.54, 1.807) is 11.3 Å². The van der Waals surface area contributed by atoms with Gasteiger partial charge in [0.2, 0.25) is 5.91 Å². The number of nitrogens with one attached hydrogen (secondary N) is 1. The summed E-state index contributed by atoms with van der Waals surface area (Å²) < 4.78 is 1.09. The van der Waals surface area contributed by atoms with Gasteiger partial charge >= 0.3 is 0 Å². The number of carbonyl (C=O) groups excluding carboxylic acids is 1. The number of carbonyl (C=O) groups is 1. The van der Waals surface area contributed by atoms with Gasteiger partial charge in [0, 0.05) is 27.8 Å². The summed E-state index contributed by atoms with van der Waals surface area (Å²) in [4.78, 5) is 18.4. The summed E-state index contributed by atoms with van der Waals surface area (Å²) in [6.45, 7) is 2.03. The molecular weight excluding hydrogens is 384 g/mol. The Labute approximate surface area is 153 Å². The second-order valence-corrected chi connectivity index (χ2v) is 8.74. The number of aromatic nitrogens is 1. The van der Waals surface area contributed by atoms with Crippen LogP contribution in [-0.2, 0) is 4.79 Å². The zero-order valence-electron chi connectivity index (χ0n) is 13.2. The summed E-state index contributed by atoms with van der Waals surface area (Å²) >= 11 is 5.12. The van der Waals surface area contributed by atoms with Gasteiger partial charge < -0.3 is 5.32 Å². The minimum atomic E-state index is 0.0413. The lowest BCUT2D eigenvalue weighted by molar-refractivity contribution is -0.123. The lowest BCUT2D eigenvalue weighted by atomic mass is 10.1. The highest BCUT2D eigenvalue weighted by molar-refractivity contribution is 9.11. The minimum Gasteiger partial charge on any atom is -0.349 e.